The molecule has 0 fully saturated rings. The molecule has 10 heteroatoms. The number of para-hydroxylation sites is 1. The van der Waals surface area contributed by atoms with Gasteiger partial charge in [0.1, 0.15) is 5.82 Å². The van der Waals surface area contributed by atoms with Crippen molar-refractivity contribution in [2.45, 2.75) is 45.5 Å². The monoisotopic (exact) mass is 446 g/mol. The number of carbonyl (C=O) groups excluding carboxylic acids is 1. The van der Waals surface area contributed by atoms with Crippen molar-refractivity contribution in [1.82, 2.24) is 24.9 Å². The quantitative estimate of drug-likeness (QED) is 0.554. The molecule has 3 aromatic rings. The van der Waals surface area contributed by atoms with E-state index in [1.807, 2.05) is 26.8 Å². The summed E-state index contributed by atoms with van der Waals surface area (Å²) in [6.45, 7) is 6.17. The number of carbonyl (C=O) groups is 1. The summed E-state index contributed by atoms with van der Waals surface area (Å²) < 4.78 is 38.4. The van der Waals surface area contributed by atoms with Gasteiger partial charge < -0.3 is 10.2 Å². The molecule has 0 aliphatic heterocycles. The molecule has 1 N–H and O–H groups in total. The molecule has 0 aliphatic carbocycles. The van der Waals surface area contributed by atoms with Crippen LogP contribution in [-0.4, -0.2) is 49.4 Å². The molecule has 2 atom stereocenters. The highest BCUT2D eigenvalue weighted by molar-refractivity contribution is 5.98. The van der Waals surface area contributed by atoms with Gasteiger partial charge >= 0.3 is 6.18 Å². The summed E-state index contributed by atoms with van der Waals surface area (Å²) in [7, 11) is 0. The number of aromatic nitrogens is 4. The van der Waals surface area contributed by atoms with Crippen molar-refractivity contribution in [2.24, 2.45) is 0 Å². The fourth-order valence-corrected chi connectivity index (χ4v) is 3.67. The lowest BCUT2D eigenvalue weighted by molar-refractivity contribution is -0.137. The Bertz CT molecular complexity index is 1020. The van der Waals surface area contributed by atoms with E-state index in [-0.39, 0.29) is 18.0 Å². The number of anilines is 1. The largest absolute Gasteiger partial charge is 0.417 e. The summed E-state index contributed by atoms with van der Waals surface area (Å²) >= 11 is 0. The maximum Gasteiger partial charge on any atom is 0.417 e. The molecular weight excluding hydrogens is 421 g/mol. The number of pyridine rings is 1. The van der Waals surface area contributed by atoms with Gasteiger partial charge in [-0.05, 0) is 44.5 Å². The Hall–Kier alpha value is -3.43. The normalized spacial score (nSPS) is 13.4. The van der Waals surface area contributed by atoms with Gasteiger partial charge in [-0.1, -0.05) is 19.1 Å². The molecule has 32 heavy (non-hydrogen) atoms. The van der Waals surface area contributed by atoms with Crippen molar-refractivity contribution in [3.8, 4) is 5.69 Å². The van der Waals surface area contributed by atoms with Gasteiger partial charge in [0.05, 0.1) is 35.2 Å². The van der Waals surface area contributed by atoms with Crippen molar-refractivity contribution < 1.29 is 18.0 Å². The van der Waals surface area contributed by atoms with Crippen molar-refractivity contribution in [1.29, 1.82) is 0 Å². The molecule has 1 amide bonds. The Kier molecular flexibility index (Phi) is 7.12. The Morgan fingerprint density at radius 1 is 1.12 bits per heavy atom. The molecule has 170 valence electrons. The lowest BCUT2D eigenvalue weighted by atomic mass is 10.0. The van der Waals surface area contributed by atoms with Crippen molar-refractivity contribution >= 4 is 11.7 Å². The van der Waals surface area contributed by atoms with Crippen LogP contribution in [0.25, 0.3) is 5.69 Å². The molecule has 0 saturated carbocycles. The zero-order chi connectivity index (χ0) is 23.3. The second-order valence-electron chi connectivity index (χ2n) is 7.27. The molecule has 2 heterocycles. The van der Waals surface area contributed by atoms with E-state index in [0.717, 1.165) is 12.3 Å². The summed E-state index contributed by atoms with van der Waals surface area (Å²) in [5.74, 6) is 0.134. The van der Waals surface area contributed by atoms with E-state index in [1.165, 1.54) is 23.3 Å². The van der Waals surface area contributed by atoms with Gasteiger partial charge in [0.2, 0.25) is 0 Å². The minimum absolute atomic E-state index is 0.179. The molecule has 2 unspecified atom stereocenters. The van der Waals surface area contributed by atoms with Crippen LogP contribution in [0.2, 0.25) is 0 Å². The fourth-order valence-electron chi connectivity index (χ4n) is 3.67. The van der Waals surface area contributed by atoms with E-state index in [4.69, 9.17) is 0 Å². The first kappa shape index (κ1) is 23.2. The van der Waals surface area contributed by atoms with Crippen LogP contribution in [0.3, 0.4) is 0 Å². The van der Waals surface area contributed by atoms with Crippen LogP contribution in [0, 0.1) is 0 Å². The van der Waals surface area contributed by atoms with Crippen LogP contribution in [0.5, 0.6) is 0 Å². The minimum atomic E-state index is -4.44. The molecule has 0 radical (unpaired) electrons. The second-order valence-corrected chi connectivity index (χ2v) is 7.27. The lowest BCUT2D eigenvalue weighted by Gasteiger charge is -2.35. The van der Waals surface area contributed by atoms with Crippen molar-refractivity contribution in [3.63, 3.8) is 0 Å². The first-order chi connectivity index (χ1) is 15.3. The maximum absolute atomic E-state index is 13.5. The third kappa shape index (κ3) is 5.06. The molecular formula is C22H25F3N6O. The number of nitrogens with zero attached hydrogens (tertiary/aromatic N) is 5. The number of halogens is 3. The van der Waals surface area contributed by atoms with Crippen LogP contribution in [-0.2, 0) is 6.18 Å². The average molecular weight is 446 g/mol. The standard InChI is InChI=1S/C22H25F3N6O/c1-4-18(15(3)29-20-11-10-16(14-26-20)22(23,24)25)30(5-2)21(32)17-8-6-7-9-19(17)31-27-12-13-28-31/h6-15,18H,4-5H2,1-3H3,(H,26,29). The molecule has 0 saturated heterocycles. The van der Waals surface area contributed by atoms with Crippen LogP contribution in [0.1, 0.15) is 43.1 Å². The minimum Gasteiger partial charge on any atom is -0.366 e. The number of nitrogens with one attached hydrogen (secondary N) is 1. The van der Waals surface area contributed by atoms with Gasteiger partial charge in [-0.2, -0.15) is 28.2 Å². The van der Waals surface area contributed by atoms with E-state index in [0.29, 0.717) is 30.0 Å². The summed E-state index contributed by atoms with van der Waals surface area (Å²) in [4.78, 5) is 20.5. The number of amides is 1. The molecule has 0 aliphatic rings. The van der Waals surface area contributed by atoms with Gasteiger partial charge in [0.15, 0.2) is 0 Å². The van der Waals surface area contributed by atoms with Gasteiger partial charge in [-0.25, -0.2) is 4.98 Å². The third-order valence-corrected chi connectivity index (χ3v) is 5.23. The Balaban J connectivity index is 1.81. The van der Waals surface area contributed by atoms with E-state index >= 15 is 0 Å². The zero-order valence-corrected chi connectivity index (χ0v) is 18.0. The molecule has 2 aromatic heterocycles. The van der Waals surface area contributed by atoms with Gasteiger partial charge in [0, 0.05) is 18.8 Å². The lowest BCUT2D eigenvalue weighted by Crippen LogP contribution is -2.48. The number of hydrogen-bond donors (Lipinski definition) is 1. The highest BCUT2D eigenvalue weighted by atomic mass is 19.4. The smallest absolute Gasteiger partial charge is 0.366 e. The highest BCUT2D eigenvalue weighted by Crippen LogP contribution is 2.29. The number of benzene rings is 1. The Labute approximate surface area is 184 Å². The number of likely N-dealkylation sites (N-methyl/N-ethyl adjacent to an activating group) is 1. The Morgan fingerprint density at radius 2 is 1.81 bits per heavy atom. The van der Waals surface area contributed by atoms with E-state index in [2.05, 4.69) is 20.5 Å². The number of hydrogen-bond acceptors (Lipinski definition) is 5. The van der Waals surface area contributed by atoms with Crippen molar-refractivity contribution in [3.05, 3.63) is 66.1 Å². The topological polar surface area (TPSA) is 75.9 Å². The summed E-state index contributed by atoms with van der Waals surface area (Å²) in [6.07, 6.45) is 0.0709. The van der Waals surface area contributed by atoms with Gasteiger partial charge in [0.25, 0.3) is 5.91 Å². The van der Waals surface area contributed by atoms with Crippen LogP contribution in [0.4, 0.5) is 19.0 Å². The molecule has 3 rings (SSSR count). The zero-order valence-electron chi connectivity index (χ0n) is 18.0. The molecule has 0 bridgehead atoms. The summed E-state index contributed by atoms with van der Waals surface area (Å²) in [5.41, 5.74) is 0.224. The predicted octanol–water partition coefficient (Wildman–Crippen LogP) is 4.42. The Morgan fingerprint density at radius 3 is 2.38 bits per heavy atom. The van der Waals surface area contributed by atoms with E-state index in [1.54, 1.807) is 23.1 Å². The van der Waals surface area contributed by atoms with Gasteiger partial charge in [-0.3, -0.25) is 4.79 Å². The first-order valence-corrected chi connectivity index (χ1v) is 10.3. The predicted molar refractivity (Wildman–Crippen MR) is 114 cm³/mol. The van der Waals surface area contributed by atoms with Crippen LogP contribution in [0.15, 0.2) is 55.0 Å². The molecule has 1 aromatic carbocycles. The third-order valence-electron chi connectivity index (χ3n) is 5.23. The summed E-state index contributed by atoms with van der Waals surface area (Å²) in [5, 5.41) is 11.4. The highest BCUT2D eigenvalue weighted by Gasteiger charge is 2.31. The molecule has 0 spiro atoms. The van der Waals surface area contributed by atoms with Gasteiger partial charge in [-0.15, -0.1) is 0 Å². The molecule has 7 nitrogen and oxygen atoms in total. The van der Waals surface area contributed by atoms with E-state index in [9.17, 15) is 18.0 Å². The second kappa shape index (κ2) is 9.80. The number of alkyl halides is 3. The SMILES string of the molecule is CCC(C(C)Nc1ccc(C(F)(F)F)cn1)N(CC)C(=O)c1ccccc1-n1nccn1. The first-order valence-electron chi connectivity index (χ1n) is 10.3. The van der Waals surface area contributed by atoms with Crippen LogP contribution >= 0.6 is 0 Å². The maximum atomic E-state index is 13.5. The summed E-state index contributed by atoms with van der Waals surface area (Å²) in [6, 6.07) is 8.88. The van der Waals surface area contributed by atoms with E-state index < -0.39 is 11.7 Å². The van der Waals surface area contributed by atoms with Crippen molar-refractivity contribution in [2.75, 3.05) is 11.9 Å². The van der Waals surface area contributed by atoms with Crippen LogP contribution < -0.4 is 5.32 Å². The average Bonchev–Trinajstić information content (AvgIpc) is 3.31. The fraction of sp³-hybridized carbons (Fsp3) is 0.364. The number of rotatable bonds is 8.